The van der Waals surface area contributed by atoms with Crippen LogP contribution in [0.2, 0.25) is 0 Å². The summed E-state index contributed by atoms with van der Waals surface area (Å²) < 4.78 is 29.4. The van der Waals surface area contributed by atoms with Crippen molar-refractivity contribution in [2.75, 3.05) is 18.0 Å². The van der Waals surface area contributed by atoms with Crippen molar-refractivity contribution in [3.8, 4) is 0 Å². The van der Waals surface area contributed by atoms with Crippen LogP contribution in [0, 0.1) is 6.92 Å². The van der Waals surface area contributed by atoms with Gasteiger partial charge >= 0.3 is 0 Å². The molecule has 1 aliphatic rings. The number of nitrogens with zero attached hydrogens (tertiary/aromatic N) is 1. The molecule has 2 amide bonds. The normalized spacial score (nSPS) is 13.7. The minimum absolute atomic E-state index is 0.0118. The SMILES string of the molecule is CCC(=O)N1CCc2cc(S(=O)(=O)N[C@@H](Cc3ccccc3)C(=O)NCCc3cccc(C)c3)ccc21. The fourth-order valence-corrected chi connectivity index (χ4v) is 5.85. The molecule has 0 fully saturated rings. The number of anilines is 1. The minimum atomic E-state index is -3.99. The molecule has 0 saturated heterocycles. The first-order valence-corrected chi connectivity index (χ1v) is 14.1. The summed E-state index contributed by atoms with van der Waals surface area (Å²) in [7, 11) is -3.99. The summed E-state index contributed by atoms with van der Waals surface area (Å²) in [4.78, 5) is 27.1. The molecular formula is C29H33N3O4S. The first-order valence-electron chi connectivity index (χ1n) is 12.6. The number of amides is 2. The van der Waals surface area contributed by atoms with E-state index in [-0.39, 0.29) is 23.1 Å². The molecule has 0 bridgehead atoms. The summed E-state index contributed by atoms with van der Waals surface area (Å²) in [5, 5.41) is 2.90. The summed E-state index contributed by atoms with van der Waals surface area (Å²) in [5.41, 5.74) is 4.67. The van der Waals surface area contributed by atoms with Crippen LogP contribution in [-0.4, -0.2) is 39.4 Å². The van der Waals surface area contributed by atoms with Gasteiger partial charge in [0.25, 0.3) is 0 Å². The number of sulfonamides is 1. The summed E-state index contributed by atoms with van der Waals surface area (Å²) in [6, 6.07) is 21.2. The lowest BCUT2D eigenvalue weighted by molar-refractivity contribution is -0.122. The van der Waals surface area contributed by atoms with E-state index in [1.165, 1.54) is 6.07 Å². The number of aryl methyl sites for hydroxylation is 1. The Morgan fingerprint density at radius 3 is 2.46 bits per heavy atom. The van der Waals surface area contributed by atoms with Crippen LogP contribution in [0.4, 0.5) is 5.69 Å². The monoisotopic (exact) mass is 519 g/mol. The summed E-state index contributed by atoms with van der Waals surface area (Å²) in [6.07, 6.45) is 1.86. The van der Waals surface area contributed by atoms with E-state index < -0.39 is 16.1 Å². The Labute approximate surface area is 218 Å². The third-order valence-electron chi connectivity index (χ3n) is 6.55. The van der Waals surface area contributed by atoms with E-state index in [4.69, 9.17) is 0 Å². The molecule has 0 aliphatic carbocycles. The quantitative estimate of drug-likeness (QED) is 0.428. The second-order valence-electron chi connectivity index (χ2n) is 9.33. The first kappa shape index (κ1) is 26.6. The second-order valence-corrected chi connectivity index (χ2v) is 11.0. The maximum Gasteiger partial charge on any atom is 0.241 e. The highest BCUT2D eigenvalue weighted by atomic mass is 32.2. The topological polar surface area (TPSA) is 95.6 Å². The predicted octanol–water partition coefficient (Wildman–Crippen LogP) is 3.54. The lowest BCUT2D eigenvalue weighted by Gasteiger charge is -2.20. The molecule has 0 saturated carbocycles. The number of carbonyl (C=O) groups is 2. The molecule has 1 heterocycles. The molecule has 8 heteroatoms. The van der Waals surface area contributed by atoms with Gasteiger partial charge in [-0.3, -0.25) is 9.59 Å². The number of benzene rings is 3. The van der Waals surface area contributed by atoms with Gasteiger partial charge < -0.3 is 10.2 Å². The van der Waals surface area contributed by atoms with Gasteiger partial charge in [0.2, 0.25) is 21.8 Å². The van der Waals surface area contributed by atoms with E-state index in [1.807, 2.05) is 62.4 Å². The molecule has 37 heavy (non-hydrogen) atoms. The van der Waals surface area contributed by atoms with Crippen LogP contribution in [0.15, 0.2) is 77.7 Å². The van der Waals surface area contributed by atoms with Gasteiger partial charge in [-0.1, -0.05) is 67.1 Å². The van der Waals surface area contributed by atoms with Gasteiger partial charge in [0, 0.05) is 25.2 Å². The van der Waals surface area contributed by atoms with Crippen molar-refractivity contribution in [3.63, 3.8) is 0 Å². The van der Waals surface area contributed by atoms with Gasteiger partial charge in [-0.25, -0.2) is 8.42 Å². The van der Waals surface area contributed by atoms with Crippen LogP contribution >= 0.6 is 0 Å². The highest BCUT2D eigenvalue weighted by Crippen LogP contribution is 2.30. The third kappa shape index (κ3) is 6.64. The van der Waals surface area contributed by atoms with Gasteiger partial charge in [0.15, 0.2) is 0 Å². The van der Waals surface area contributed by atoms with Crippen molar-refractivity contribution in [1.82, 2.24) is 10.0 Å². The highest BCUT2D eigenvalue weighted by molar-refractivity contribution is 7.89. The molecule has 2 N–H and O–H groups in total. The van der Waals surface area contributed by atoms with Crippen molar-refractivity contribution < 1.29 is 18.0 Å². The molecule has 0 aromatic heterocycles. The second kappa shape index (κ2) is 11.7. The summed E-state index contributed by atoms with van der Waals surface area (Å²) >= 11 is 0. The van der Waals surface area contributed by atoms with Gasteiger partial charge in [0.05, 0.1) is 4.90 Å². The fraction of sp³-hybridized carbons (Fsp3) is 0.310. The fourth-order valence-electron chi connectivity index (χ4n) is 4.61. The van der Waals surface area contributed by atoms with E-state index in [9.17, 15) is 18.0 Å². The number of rotatable bonds is 10. The van der Waals surface area contributed by atoms with E-state index in [1.54, 1.807) is 17.0 Å². The van der Waals surface area contributed by atoms with Crippen LogP contribution in [0.1, 0.15) is 35.6 Å². The zero-order chi connectivity index (χ0) is 26.4. The molecule has 3 aromatic carbocycles. The van der Waals surface area contributed by atoms with Crippen molar-refractivity contribution in [3.05, 3.63) is 95.1 Å². The molecule has 4 rings (SSSR count). The van der Waals surface area contributed by atoms with Gasteiger partial charge in [0.1, 0.15) is 6.04 Å². The number of hydrogen-bond acceptors (Lipinski definition) is 4. The Morgan fingerprint density at radius 2 is 1.73 bits per heavy atom. The van der Waals surface area contributed by atoms with Crippen LogP contribution < -0.4 is 14.9 Å². The molecule has 0 spiro atoms. The number of hydrogen-bond donors (Lipinski definition) is 2. The maximum absolute atomic E-state index is 13.4. The Balaban J connectivity index is 1.50. The van der Waals surface area contributed by atoms with E-state index >= 15 is 0 Å². The minimum Gasteiger partial charge on any atom is -0.354 e. The largest absolute Gasteiger partial charge is 0.354 e. The number of nitrogens with one attached hydrogen (secondary N) is 2. The lowest BCUT2D eigenvalue weighted by atomic mass is 10.1. The van der Waals surface area contributed by atoms with Crippen molar-refractivity contribution in [1.29, 1.82) is 0 Å². The Bertz CT molecular complexity index is 1370. The highest BCUT2D eigenvalue weighted by Gasteiger charge is 2.29. The van der Waals surface area contributed by atoms with E-state index in [0.717, 1.165) is 27.9 Å². The molecule has 3 aromatic rings. The Hall–Kier alpha value is -3.49. The lowest BCUT2D eigenvalue weighted by Crippen LogP contribution is -2.48. The third-order valence-corrected chi connectivity index (χ3v) is 8.02. The van der Waals surface area contributed by atoms with Crippen molar-refractivity contribution in [2.24, 2.45) is 0 Å². The van der Waals surface area contributed by atoms with Crippen molar-refractivity contribution in [2.45, 2.75) is 50.5 Å². The molecule has 0 radical (unpaired) electrons. The molecule has 0 unspecified atom stereocenters. The van der Waals surface area contributed by atoms with Crippen LogP contribution in [-0.2, 0) is 38.9 Å². The van der Waals surface area contributed by atoms with Crippen LogP contribution in [0.3, 0.4) is 0 Å². The van der Waals surface area contributed by atoms with Crippen LogP contribution in [0.25, 0.3) is 0 Å². The summed E-state index contributed by atoms with van der Waals surface area (Å²) in [6.45, 7) is 4.77. The Morgan fingerprint density at radius 1 is 0.973 bits per heavy atom. The smallest absolute Gasteiger partial charge is 0.241 e. The average Bonchev–Trinajstić information content (AvgIpc) is 3.32. The molecule has 7 nitrogen and oxygen atoms in total. The summed E-state index contributed by atoms with van der Waals surface area (Å²) in [5.74, 6) is -0.362. The average molecular weight is 520 g/mol. The number of fused-ring (bicyclic) bond motifs is 1. The Kier molecular flexibility index (Phi) is 8.41. The van der Waals surface area contributed by atoms with Gasteiger partial charge in [-0.2, -0.15) is 4.72 Å². The standard InChI is InChI=1S/C29H33N3O4S/c1-3-28(33)32-17-15-24-20-25(12-13-27(24)32)37(35,36)31-26(19-22-9-5-4-6-10-22)29(34)30-16-14-23-11-7-8-21(2)18-23/h4-13,18,20,26,31H,3,14-17,19H2,1-2H3,(H,30,34)/t26-/m0/s1. The number of carbonyl (C=O) groups excluding carboxylic acids is 2. The predicted molar refractivity (Wildman–Crippen MR) is 145 cm³/mol. The maximum atomic E-state index is 13.4. The van der Waals surface area contributed by atoms with Crippen molar-refractivity contribution >= 4 is 27.5 Å². The molecular weight excluding hydrogens is 486 g/mol. The zero-order valence-electron chi connectivity index (χ0n) is 21.2. The van der Waals surface area contributed by atoms with Crippen LogP contribution in [0.5, 0.6) is 0 Å². The van der Waals surface area contributed by atoms with E-state index in [2.05, 4.69) is 16.1 Å². The first-order chi connectivity index (χ1) is 17.8. The molecule has 1 atom stereocenters. The van der Waals surface area contributed by atoms with Gasteiger partial charge in [-0.05, 0) is 61.1 Å². The molecule has 1 aliphatic heterocycles. The van der Waals surface area contributed by atoms with E-state index in [0.29, 0.717) is 32.4 Å². The van der Waals surface area contributed by atoms with Gasteiger partial charge in [-0.15, -0.1) is 0 Å². The zero-order valence-corrected chi connectivity index (χ0v) is 22.1. The molecule has 194 valence electrons.